The third-order valence-electron chi connectivity index (χ3n) is 3.58. The monoisotopic (exact) mass is 262 g/mol. The predicted molar refractivity (Wildman–Crippen MR) is 71.6 cm³/mol. The summed E-state index contributed by atoms with van der Waals surface area (Å²) in [7, 11) is -3.11. The molecule has 0 saturated carbocycles. The van der Waals surface area contributed by atoms with Gasteiger partial charge in [-0.15, -0.1) is 0 Å². The van der Waals surface area contributed by atoms with Crippen molar-refractivity contribution in [1.82, 2.24) is 9.62 Å². The number of nitrogens with zero attached hydrogens (tertiary/aromatic N) is 1. The summed E-state index contributed by atoms with van der Waals surface area (Å²) in [5, 5.41) is 3.31. The number of rotatable bonds is 6. The molecule has 4 nitrogen and oxygen atoms in total. The van der Waals surface area contributed by atoms with E-state index in [9.17, 15) is 8.42 Å². The lowest BCUT2D eigenvalue weighted by Crippen LogP contribution is -2.46. The van der Waals surface area contributed by atoms with E-state index < -0.39 is 10.0 Å². The van der Waals surface area contributed by atoms with Crippen molar-refractivity contribution < 1.29 is 8.42 Å². The van der Waals surface area contributed by atoms with Gasteiger partial charge < -0.3 is 5.32 Å². The zero-order chi connectivity index (χ0) is 12.9. The zero-order valence-corrected chi connectivity index (χ0v) is 12.1. The molecule has 1 saturated heterocycles. The number of nitrogens with one attached hydrogen (secondary N) is 1. The lowest BCUT2D eigenvalue weighted by Gasteiger charge is -2.30. The third-order valence-corrected chi connectivity index (χ3v) is 5.73. The molecule has 5 heteroatoms. The molecule has 0 aromatic rings. The molecule has 0 amide bonds. The second-order valence-corrected chi connectivity index (χ2v) is 6.85. The van der Waals surface area contributed by atoms with Gasteiger partial charge in [0.05, 0.1) is 5.75 Å². The van der Waals surface area contributed by atoms with Crippen LogP contribution in [0.25, 0.3) is 0 Å². The molecular weight excluding hydrogens is 236 g/mol. The van der Waals surface area contributed by atoms with Gasteiger partial charge in [0.25, 0.3) is 0 Å². The maximum Gasteiger partial charge on any atom is 0.215 e. The van der Waals surface area contributed by atoms with E-state index in [0.29, 0.717) is 6.54 Å². The van der Waals surface area contributed by atoms with Crippen molar-refractivity contribution in [3.05, 3.63) is 0 Å². The summed E-state index contributed by atoms with van der Waals surface area (Å²) in [6.45, 7) is 7.45. The van der Waals surface area contributed by atoms with Gasteiger partial charge in [0.1, 0.15) is 0 Å². The minimum absolute atomic E-state index is 0.105. The summed E-state index contributed by atoms with van der Waals surface area (Å²) in [5.74, 6) is 0.255. The Morgan fingerprint density at radius 2 is 2.06 bits per heavy atom. The smallest absolute Gasteiger partial charge is 0.215 e. The lowest BCUT2D eigenvalue weighted by atomic mass is 10.1. The van der Waals surface area contributed by atoms with Crippen molar-refractivity contribution in [3.63, 3.8) is 0 Å². The van der Waals surface area contributed by atoms with Gasteiger partial charge in [-0.05, 0) is 32.7 Å². The Labute approximate surface area is 106 Å². The first-order valence-electron chi connectivity index (χ1n) is 6.74. The molecule has 0 radical (unpaired) electrons. The van der Waals surface area contributed by atoms with E-state index in [1.807, 2.05) is 20.8 Å². The Morgan fingerprint density at radius 1 is 1.35 bits per heavy atom. The topological polar surface area (TPSA) is 49.4 Å². The molecule has 1 aliphatic rings. The Bertz CT molecular complexity index is 310. The second kappa shape index (κ2) is 6.71. The van der Waals surface area contributed by atoms with E-state index in [-0.39, 0.29) is 17.8 Å². The highest BCUT2D eigenvalue weighted by atomic mass is 32.2. The predicted octanol–water partition coefficient (Wildman–Crippen LogP) is 1.58. The molecule has 1 heterocycles. The molecule has 0 aliphatic carbocycles. The van der Waals surface area contributed by atoms with Crippen LogP contribution in [-0.2, 0) is 10.0 Å². The standard InChI is InChI=1S/C12H26N2O2S/c1-4-11(3)14(5-2)17(15,16)10-12-8-6-7-9-13-12/h11-13H,4-10H2,1-3H3. The molecule has 1 N–H and O–H groups in total. The van der Waals surface area contributed by atoms with Gasteiger partial charge in [0.2, 0.25) is 10.0 Å². The lowest BCUT2D eigenvalue weighted by molar-refractivity contribution is 0.335. The van der Waals surface area contributed by atoms with E-state index in [1.165, 1.54) is 6.42 Å². The molecule has 0 aromatic carbocycles. The first-order valence-corrected chi connectivity index (χ1v) is 8.35. The summed E-state index contributed by atoms with van der Waals surface area (Å²) in [4.78, 5) is 0. The molecule has 0 aromatic heterocycles. The highest BCUT2D eigenvalue weighted by Crippen LogP contribution is 2.15. The van der Waals surface area contributed by atoms with Crippen LogP contribution in [0, 0.1) is 0 Å². The van der Waals surface area contributed by atoms with Crippen LogP contribution in [0.1, 0.15) is 46.5 Å². The van der Waals surface area contributed by atoms with Gasteiger partial charge in [-0.1, -0.05) is 20.3 Å². The second-order valence-electron chi connectivity index (χ2n) is 4.89. The summed E-state index contributed by atoms with van der Waals surface area (Å²) in [6.07, 6.45) is 4.16. The van der Waals surface area contributed by atoms with E-state index in [0.717, 1.165) is 25.8 Å². The summed E-state index contributed by atoms with van der Waals surface area (Å²) in [6, 6.07) is 0.250. The number of hydrogen-bond donors (Lipinski definition) is 1. The molecule has 0 spiro atoms. The van der Waals surface area contributed by atoms with Crippen molar-refractivity contribution in [3.8, 4) is 0 Å². The van der Waals surface area contributed by atoms with Crippen molar-refractivity contribution in [2.75, 3.05) is 18.8 Å². The van der Waals surface area contributed by atoms with E-state index in [4.69, 9.17) is 0 Å². The van der Waals surface area contributed by atoms with Crippen LogP contribution in [0.4, 0.5) is 0 Å². The molecule has 1 fully saturated rings. The van der Waals surface area contributed by atoms with Crippen LogP contribution in [0.15, 0.2) is 0 Å². The zero-order valence-electron chi connectivity index (χ0n) is 11.3. The molecule has 102 valence electrons. The Hall–Kier alpha value is -0.130. The largest absolute Gasteiger partial charge is 0.313 e. The molecule has 2 atom stereocenters. The van der Waals surface area contributed by atoms with Crippen LogP contribution >= 0.6 is 0 Å². The minimum Gasteiger partial charge on any atom is -0.313 e. The van der Waals surface area contributed by atoms with Gasteiger partial charge in [-0.2, -0.15) is 4.31 Å². The maximum absolute atomic E-state index is 12.3. The average molecular weight is 262 g/mol. The maximum atomic E-state index is 12.3. The van der Waals surface area contributed by atoms with Crippen LogP contribution in [0.5, 0.6) is 0 Å². The minimum atomic E-state index is -3.11. The van der Waals surface area contributed by atoms with Gasteiger partial charge in [-0.25, -0.2) is 8.42 Å². The highest BCUT2D eigenvalue weighted by Gasteiger charge is 2.28. The fraction of sp³-hybridized carbons (Fsp3) is 1.00. The van der Waals surface area contributed by atoms with Gasteiger partial charge in [-0.3, -0.25) is 0 Å². The normalized spacial score (nSPS) is 23.9. The molecule has 1 rings (SSSR count). The number of hydrogen-bond acceptors (Lipinski definition) is 3. The molecule has 17 heavy (non-hydrogen) atoms. The average Bonchev–Trinajstić information content (AvgIpc) is 2.29. The highest BCUT2D eigenvalue weighted by molar-refractivity contribution is 7.89. The third kappa shape index (κ3) is 4.23. The van der Waals surface area contributed by atoms with Crippen molar-refractivity contribution >= 4 is 10.0 Å². The van der Waals surface area contributed by atoms with Crippen molar-refractivity contribution in [2.45, 2.75) is 58.5 Å². The fourth-order valence-corrected chi connectivity index (χ4v) is 4.48. The van der Waals surface area contributed by atoms with E-state index in [1.54, 1.807) is 4.31 Å². The summed E-state index contributed by atoms with van der Waals surface area (Å²) in [5.41, 5.74) is 0. The van der Waals surface area contributed by atoms with E-state index in [2.05, 4.69) is 5.32 Å². The van der Waals surface area contributed by atoms with Crippen LogP contribution in [0.3, 0.4) is 0 Å². The molecule has 1 aliphatic heterocycles. The SMILES string of the molecule is CCC(C)N(CC)S(=O)(=O)CC1CCCCN1. The first kappa shape index (κ1) is 14.9. The Morgan fingerprint density at radius 3 is 2.53 bits per heavy atom. The first-order chi connectivity index (χ1) is 8.01. The molecular formula is C12H26N2O2S. The fourth-order valence-electron chi connectivity index (χ4n) is 2.40. The molecule has 0 bridgehead atoms. The summed E-state index contributed by atoms with van der Waals surface area (Å²) >= 11 is 0. The van der Waals surface area contributed by atoms with Gasteiger partial charge >= 0.3 is 0 Å². The van der Waals surface area contributed by atoms with Crippen molar-refractivity contribution in [2.24, 2.45) is 0 Å². The van der Waals surface area contributed by atoms with Gasteiger partial charge in [0.15, 0.2) is 0 Å². The Kier molecular flexibility index (Phi) is 5.89. The Balaban J connectivity index is 2.64. The van der Waals surface area contributed by atoms with E-state index >= 15 is 0 Å². The number of piperidine rings is 1. The van der Waals surface area contributed by atoms with Crippen LogP contribution in [0.2, 0.25) is 0 Å². The summed E-state index contributed by atoms with van der Waals surface area (Å²) < 4.78 is 26.3. The van der Waals surface area contributed by atoms with Crippen LogP contribution < -0.4 is 5.32 Å². The van der Waals surface area contributed by atoms with Gasteiger partial charge in [0, 0.05) is 18.6 Å². The van der Waals surface area contributed by atoms with Crippen LogP contribution in [-0.4, -0.2) is 43.6 Å². The number of sulfonamides is 1. The quantitative estimate of drug-likeness (QED) is 0.790. The van der Waals surface area contributed by atoms with Crippen molar-refractivity contribution in [1.29, 1.82) is 0 Å². The molecule has 2 unspecified atom stereocenters.